The molecule has 1 fully saturated rings. The van der Waals surface area contributed by atoms with Crippen molar-refractivity contribution in [1.29, 1.82) is 0 Å². The van der Waals surface area contributed by atoms with Gasteiger partial charge in [-0.15, -0.1) is 0 Å². The summed E-state index contributed by atoms with van der Waals surface area (Å²) in [4.78, 5) is 14.7. The first kappa shape index (κ1) is 21.5. The number of carbonyl (C=O) groups excluding carboxylic acids is 1. The van der Waals surface area contributed by atoms with Gasteiger partial charge in [-0.25, -0.2) is 12.7 Å². The molecule has 2 aromatic rings. The number of rotatable bonds is 8. The molecule has 1 saturated heterocycles. The molecule has 1 amide bonds. The predicted octanol–water partition coefficient (Wildman–Crippen LogP) is 3.57. The van der Waals surface area contributed by atoms with Crippen LogP contribution in [-0.2, 0) is 21.2 Å². The highest BCUT2D eigenvalue weighted by molar-refractivity contribution is 7.89. The van der Waals surface area contributed by atoms with Gasteiger partial charge in [-0.05, 0) is 49.3 Å². The number of likely N-dealkylation sites (tertiary alicyclic amines) is 1. The van der Waals surface area contributed by atoms with E-state index in [0.717, 1.165) is 32.4 Å². The van der Waals surface area contributed by atoms with Crippen LogP contribution in [0.15, 0.2) is 65.6 Å². The van der Waals surface area contributed by atoms with Crippen LogP contribution in [0.1, 0.15) is 31.2 Å². The standard InChI is InChI=1S/C23H30N2O3S/c1-24(29(27,28)22-11-6-3-7-12-22)16-8-13-23(26)25-17-14-21(15-18-25)19-20-9-4-2-5-10-20/h2-7,9-12,21H,8,13-19H2,1H3. The van der Waals surface area contributed by atoms with Gasteiger partial charge in [0.25, 0.3) is 0 Å². The fraction of sp³-hybridized carbons (Fsp3) is 0.435. The van der Waals surface area contributed by atoms with E-state index < -0.39 is 10.0 Å². The summed E-state index contributed by atoms with van der Waals surface area (Å²) in [5, 5.41) is 0. The maximum absolute atomic E-state index is 12.5. The second kappa shape index (κ2) is 10.0. The summed E-state index contributed by atoms with van der Waals surface area (Å²) in [7, 11) is -1.92. The summed E-state index contributed by atoms with van der Waals surface area (Å²) >= 11 is 0. The second-order valence-corrected chi connectivity index (χ2v) is 9.80. The molecule has 1 heterocycles. The number of amides is 1. The van der Waals surface area contributed by atoms with Crippen LogP contribution in [0.5, 0.6) is 0 Å². The van der Waals surface area contributed by atoms with Gasteiger partial charge in [-0.1, -0.05) is 48.5 Å². The summed E-state index contributed by atoms with van der Waals surface area (Å²) in [5.41, 5.74) is 1.36. The van der Waals surface area contributed by atoms with Gasteiger partial charge >= 0.3 is 0 Å². The third-order valence-corrected chi connectivity index (χ3v) is 7.52. The fourth-order valence-corrected chi connectivity index (χ4v) is 5.07. The van der Waals surface area contributed by atoms with Crippen molar-refractivity contribution in [3.8, 4) is 0 Å². The first-order chi connectivity index (χ1) is 14.0. The van der Waals surface area contributed by atoms with E-state index in [9.17, 15) is 13.2 Å². The lowest BCUT2D eigenvalue weighted by atomic mass is 9.90. The number of hydrogen-bond acceptors (Lipinski definition) is 3. The topological polar surface area (TPSA) is 57.7 Å². The first-order valence-corrected chi connectivity index (χ1v) is 11.7. The predicted molar refractivity (Wildman–Crippen MR) is 115 cm³/mol. The summed E-state index contributed by atoms with van der Waals surface area (Å²) < 4.78 is 26.4. The number of carbonyl (C=O) groups is 1. The van der Waals surface area contributed by atoms with Crippen LogP contribution in [-0.4, -0.2) is 50.2 Å². The lowest BCUT2D eigenvalue weighted by Gasteiger charge is -2.32. The monoisotopic (exact) mass is 414 g/mol. The van der Waals surface area contributed by atoms with Crippen molar-refractivity contribution in [2.24, 2.45) is 5.92 Å². The first-order valence-electron chi connectivity index (χ1n) is 10.3. The van der Waals surface area contributed by atoms with Crippen molar-refractivity contribution in [3.05, 3.63) is 66.2 Å². The maximum Gasteiger partial charge on any atom is 0.242 e. The van der Waals surface area contributed by atoms with Gasteiger partial charge in [0.15, 0.2) is 0 Å². The molecule has 0 unspecified atom stereocenters. The van der Waals surface area contributed by atoms with Crippen LogP contribution in [0.3, 0.4) is 0 Å². The minimum absolute atomic E-state index is 0.133. The Bertz CT molecular complexity index is 877. The van der Waals surface area contributed by atoms with Gasteiger partial charge < -0.3 is 4.90 Å². The van der Waals surface area contributed by atoms with Crippen molar-refractivity contribution in [1.82, 2.24) is 9.21 Å². The molecular weight excluding hydrogens is 384 g/mol. The van der Waals surface area contributed by atoms with Gasteiger partial charge in [-0.2, -0.15) is 0 Å². The SMILES string of the molecule is CN(CCCC(=O)N1CCC(Cc2ccccc2)CC1)S(=O)(=O)c1ccccc1. The van der Waals surface area contributed by atoms with Gasteiger partial charge in [0.2, 0.25) is 15.9 Å². The second-order valence-electron chi connectivity index (χ2n) is 7.76. The van der Waals surface area contributed by atoms with Crippen molar-refractivity contribution in [2.75, 3.05) is 26.7 Å². The fourth-order valence-electron chi connectivity index (χ4n) is 3.84. The Kier molecular flexibility index (Phi) is 7.45. The average molecular weight is 415 g/mol. The van der Waals surface area contributed by atoms with Crippen LogP contribution in [0.25, 0.3) is 0 Å². The molecule has 0 atom stereocenters. The van der Waals surface area contributed by atoms with Crippen molar-refractivity contribution < 1.29 is 13.2 Å². The third kappa shape index (κ3) is 5.90. The molecular formula is C23H30N2O3S. The van der Waals surface area contributed by atoms with Gasteiger partial charge in [0.1, 0.15) is 0 Å². The summed E-state index contributed by atoms with van der Waals surface area (Å²) in [6.45, 7) is 1.94. The normalized spacial score (nSPS) is 15.6. The molecule has 0 radical (unpaired) electrons. The van der Waals surface area contributed by atoms with E-state index in [1.54, 1.807) is 37.4 Å². The Balaban J connectivity index is 1.40. The molecule has 156 valence electrons. The molecule has 0 N–H and O–H groups in total. The molecule has 0 saturated carbocycles. The third-order valence-electron chi connectivity index (χ3n) is 5.65. The molecule has 29 heavy (non-hydrogen) atoms. The van der Waals surface area contributed by atoms with Crippen LogP contribution >= 0.6 is 0 Å². The lowest BCUT2D eigenvalue weighted by Crippen LogP contribution is -2.39. The highest BCUT2D eigenvalue weighted by Crippen LogP contribution is 2.22. The van der Waals surface area contributed by atoms with Gasteiger partial charge in [0, 0.05) is 33.1 Å². The Hall–Kier alpha value is -2.18. The Morgan fingerprint density at radius 1 is 1.00 bits per heavy atom. The van der Waals surface area contributed by atoms with Crippen LogP contribution in [0.4, 0.5) is 0 Å². The lowest BCUT2D eigenvalue weighted by molar-refractivity contribution is -0.132. The number of hydrogen-bond donors (Lipinski definition) is 0. The Labute approximate surface area is 174 Å². The quantitative estimate of drug-likeness (QED) is 0.664. The molecule has 1 aliphatic rings. The van der Waals surface area contributed by atoms with E-state index in [2.05, 4.69) is 24.3 Å². The van der Waals surface area contributed by atoms with E-state index in [1.165, 1.54) is 9.87 Å². The van der Waals surface area contributed by atoms with Crippen molar-refractivity contribution in [3.63, 3.8) is 0 Å². The van der Waals surface area contributed by atoms with E-state index in [4.69, 9.17) is 0 Å². The minimum atomic E-state index is -3.49. The molecule has 1 aliphatic heterocycles. The van der Waals surface area contributed by atoms with Crippen molar-refractivity contribution in [2.45, 2.75) is 37.0 Å². The summed E-state index contributed by atoms with van der Waals surface area (Å²) in [5.74, 6) is 0.761. The van der Waals surface area contributed by atoms with Crippen LogP contribution < -0.4 is 0 Å². The van der Waals surface area contributed by atoms with Crippen LogP contribution in [0.2, 0.25) is 0 Å². The average Bonchev–Trinajstić information content (AvgIpc) is 2.75. The number of nitrogens with zero attached hydrogens (tertiary/aromatic N) is 2. The number of benzene rings is 2. The zero-order chi connectivity index (χ0) is 20.7. The van der Waals surface area contributed by atoms with Gasteiger partial charge in [0.05, 0.1) is 4.90 Å². The highest BCUT2D eigenvalue weighted by atomic mass is 32.2. The summed E-state index contributed by atoms with van der Waals surface area (Å²) in [6, 6.07) is 18.9. The van der Waals surface area contributed by atoms with Gasteiger partial charge in [-0.3, -0.25) is 4.79 Å². The minimum Gasteiger partial charge on any atom is -0.343 e. The highest BCUT2D eigenvalue weighted by Gasteiger charge is 2.24. The van der Waals surface area contributed by atoms with Crippen LogP contribution in [0, 0.1) is 5.92 Å². The molecule has 0 aromatic heterocycles. The molecule has 6 heteroatoms. The largest absolute Gasteiger partial charge is 0.343 e. The van der Waals surface area contributed by atoms with E-state index in [1.807, 2.05) is 11.0 Å². The van der Waals surface area contributed by atoms with Crippen molar-refractivity contribution >= 4 is 15.9 Å². The smallest absolute Gasteiger partial charge is 0.242 e. The molecule has 3 rings (SSSR count). The number of sulfonamides is 1. The molecule has 0 aliphatic carbocycles. The van der Waals surface area contributed by atoms with E-state index >= 15 is 0 Å². The molecule has 0 spiro atoms. The Morgan fingerprint density at radius 3 is 2.21 bits per heavy atom. The van der Waals surface area contributed by atoms with E-state index in [-0.39, 0.29) is 10.8 Å². The number of piperidine rings is 1. The summed E-state index contributed by atoms with van der Waals surface area (Å²) in [6.07, 6.45) is 4.06. The molecule has 0 bridgehead atoms. The zero-order valence-corrected chi connectivity index (χ0v) is 17.9. The molecule has 5 nitrogen and oxygen atoms in total. The van der Waals surface area contributed by atoms with E-state index in [0.29, 0.717) is 25.3 Å². The Morgan fingerprint density at radius 2 is 1.59 bits per heavy atom. The maximum atomic E-state index is 12.5. The molecule has 2 aromatic carbocycles. The zero-order valence-electron chi connectivity index (χ0n) is 17.0.